The van der Waals surface area contributed by atoms with Crippen molar-refractivity contribution in [2.75, 3.05) is 20.2 Å². The van der Waals surface area contributed by atoms with Crippen LogP contribution in [0.25, 0.3) is 0 Å². The van der Waals surface area contributed by atoms with Gasteiger partial charge in [0.2, 0.25) is 5.91 Å². The summed E-state index contributed by atoms with van der Waals surface area (Å²) in [5.74, 6) is 2.70. The summed E-state index contributed by atoms with van der Waals surface area (Å²) in [7, 11) is 1.67. The van der Waals surface area contributed by atoms with E-state index in [1.165, 1.54) is 0 Å². The molecule has 3 heterocycles. The summed E-state index contributed by atoms with van der Waals surface area (Å²) in [6, 6.07) is 5.60. The predicted octanol–water partition coefficient (Wildman–Crippen LogP) is 3.53. The highest BCUT2D eigenvalue weighted by Gasteiger charge is 2.51. The summed E-state index contributed by atoms with van der Waals surface area (Å²) in [5, 5.41) is 0. The fourth-order valence-electron chi connectivity index (χ4n) is 5.46. The maximum absolute atomic E-state index is 12.9. The first-order valence-corrected chi connectivity index (χ1v) is 11.3. The maximum Gasteiger partial charge on any atom is 0.239 e. The number of nitrogens with two attached hydrogens (primary N) is 1. The Morgan fingerprint density at radius 3 is 2.83 bits per heavy atom. The first kappa shape index (κ1) is 21.4. The summed E-state index contributed by atoms with van der Waals surface area (Å²) in [6.45, 7) is 9.94. The molecule has 0 saturated carbocycles. The third-order valence-corrected chi connectivity index (χ3v) is 7.06. The summed E-state index contributed by atoms with van der Waals surface area (Å²) in [5.41, 5.74) is 6.95. The molecule has 0 unspecified atom stereocenters. The van der Waals surface area contributed by atoms with E-state index in [9.17, 15) is 4.79 Å². The number of nitrogens with zero attached hydrogens (tertiary/aromatic N) is 1. The van der Waals surface area contributed by atoms with Gasteiger partial charge in [0, 0.05) is 36.6 Å². The van der Waals surface area contributed by atoms with Gasteiger partial charge >= 0.3 is 0 Å². The van der Waals surface area contributed by atoms with Crippen molar-refractivity contribution in [3.63, 3.8) is 0 Å². The Kier molecular flexibility index (Phi) is 5.75. The zero-order valence-electron chi connectivity index (χ0n) is 18.9. The van der Waals surface area contributed by atoms with E-state index in [4.69, 9.17) is 19.9 Å². The molecule has 2 saturated heterocycles. The van der Waals surface area contributed by atoms with Crippen LogP contribution in [0.3, 0.4) is 0 Å². The van der Waals surface area contributed by atoms with Crippen molar-refractivity contribution in [1.82, 2.24) is 4.90 Å². The molecule has 0 radical (unpaired) electrons. The molecule has 5 atom stereocenters. The van der Waals surface area contributed by atoms with Crippen LogP contribution in [-0.2, 0) is 9.53 Å². The molecule has 6 heteroatoms. The minimum Gasteiger partial charge on any atom is -0.497 e. The molecule has 4 rings (SSSR count). The highest BCUT2D eigenvalue weighted by molar-refractivity contribution is 5.81. The average molecular weight is 417 g/mol. The number of benzene rings is 1. The number of hydrogen-bond acceptors (Lipinski definition) is 5. The number of rotatable bonds is 4. The third kappa shape index (κ3) is 3.92. The van der Waals surface area contributed by atoms with Gasteiger partial charge in [0.1, 0.15) is 17.1 Å². The van der Waals surface area contributed by atoms with Gasteiger partial charge in [-0.25, -0.2) is 0 Å². The summed E-state index contributed by atoms with van der Waals surface area (Å²) >= 11 is 0. The number of ether oxygens (including phenoxy) is 3. The second-order valence-corrected chi connectivity index (χ2v) is 10.1. The van der Waals surface area contributed by atoms with Gasteiger partial charge in [-0.3, -0.25) is 4.79 Å². The molecule has 30 heavy (non-hydrogen) atoms. The minimum absolute atomic E-state index is 0.0151. The van der Waals surface area contributed by atoms with Gasteiger partial charge in [0.05, 0.1) is 25.4 Å². The van der Waals surface area contributed by atoms with Crippen LogP contribution in [0.4, 0.5) is 0 Å². The lowest BCUT2D eigenvalue weighted by Gasteiger charge is -2.53. The van der Waals surface area contributed by atoms with Crippen molar-refractivity contribution < 1.29 is 19.0 Å². The van der Waals surface area contributed by atoms with E-state index < -0.39 is 6.04 Å². The number of fused-ring (bicyclic) bond motifs is 4. The van der Waals surface area contributed by atoms with Crippen molar-refractivity contribution >= 4 is 5.91 Å². The fourth-order valence-corrected chi connectivity index (χ4v) is 5.46. The van der Waals surface area contributed by atoms with Gasteiger partial charge in [-0.15, -0.1) is 0 Å². The summed E-state index contributed by atoms with van der Waals surface area (Å²) < 4.78 is 18.5. The van der Waals surface area contributed by atoms with E-state index in [1.807, 2.05) is 17.0 Å². The molecule has 0 bridgehead atoms. The Hall–Kier alpha value is -1.79. The van der Waals surface area contributed by atoms with Crippen LogP contribution in [0, 0.1) is 17.8 Å². The quantitative estimate of drug-likeness (QED) is 0.813. The first-order chi connectivity index (χ1) is 14.2. The fraction of sp³-hybridized carbons (Fsp3) is 0.708. The molecular weight excluding hydrogens is 380 g/mol. The molecule has 0 spiro atoms. The average Bonchev–Trinajstić information content (AvgIpc) is 2.70. The van der Waals surface area contributed by atoms with Crippen LogP contribution in [0.5, 0.6) is 11.5 Å². The van der Waals surface area contributed by atoms with Crippen LogP contribution >= 0.6 is 0 Å². The van der Waals surface area contributed by atoms with Crippen molar-refractivity contribution in [1.29, 1.82) is 0 Å². The molecule has 1 aromatic rings. The minimum atomic E-state index is -0.407. The van der Waals surface area contributed by atoms with Crippen molar-refractivity contribution in [2.45, 2.75) is 70.8 Å². The van der Waals surface area contributed by atoms with Gasteiger partial charge in [-0.05, 0) is 51.2 Å². The number of hydrogen-bond donors (Lipinski definition) is 1. The molecule has 1 amide bonds. The van der Waals surface area contributed by atoms with Crippen molar-refractivity contribution in [3.05, 3.63) is 23.8 Å². The Labute approximate surface area is 180 Å². The van der Waals surface area contributed by atoms with Gasteiger partial charge in [0.15, 0.2) is 0 Å². The smallest absolute Gasteiger partial charge is 0.239 e. The first-order valence-electron chi connectivity index (χ1n) is 11.3. The molecule has 1 aromatic carbocycles. The lowest BCUT2D eigenvalue weighted by molar-refractivity contribution is -0.189. The number of likely N-dealkylation sites (tertiary alicyclic amines) is 1. The van der Waals surface area contributed by atoms with Gasteiger partial charge < -0.3 is 24.8 Å². The van der Waals surface area contributed by atoms with Crippen LogP contribution in [-0.4, -0.2) is 48.8 Å². The van der Waals surface area contributed by atoms with Crippen LogP contribution in [0.1, 0.15) is 58.6 Å². The van der Waals surface area contributed by atoms with Gasteiger partial charge in [-0.2, -0.15) is 0 Å². The topological polar surface area (TPSA) is 74.0 Å². The highest BCUT2D eigenvalue weighted by atomic mass is 16.5. The number of piperidine rings is 1. The van der Waals surface area contributed by atoms with Gasteiger partial charge in [-0.1, -0.05) is 13.8 Å². The molecule has 6 nitrogen and oxygen atoms in total. The lowest BCUT2D eigenvalue weighted by atomic mass is 9.70. The van der Waals surface area contributed by atoms with Crippen molar-refractivity contribution in [3.8, 4) is 11.5 Å². The Morgan fingerprint density at radius 1 is 1.37 bits per heavy atom. The predicted molar refractivity (Wildman–Crippen MR) is 116 cm³/mol. The van der Waals surface area contributed by atoms with E-state index in [-0.39, 0.29) is 29.6 Å². The SMILES string of the molecule is COc1ccc2c(c1)OC(C)(C)[C@@H]1C[C@H]3CN(C(=O)[C@@H](N)CC(C)C)CC[C@H]3O[C@@H]21. The highest BCUT2D eigenvalue weighted by Crippen LogP contribution is 2.53. The summed E-state index contributed by atoms with van der Waals surface area (Å²) in [4.78, 5) is 14.8. The van der Waals surface area contributed by atoms with Gasteiger partial charge in [0.25, 0.3) is 0 Å². The second-order valence-electron chi connectivity index (χ2n) is 10.1. The maximum atomic E-state index is 12.9. The largest absolute Gasteiger partial charge is 0.497 e. The van der Waals surface area contributed by atoms with Crippen LogP contribution in [0.15, 0.2) is 18.2 Å². The lowest BCUT2D eigenvalue weighted by Crippen LogP contribution is -2.57. The normalized spacial score (nSPS) is 30.6. The van der Waals surface area contributed by atoms with E-state index in [1.54, 1.807) is 7.11 Å². The number of carbonyl (C=O) groups excluding carboxylic acids is 1. The number of carbonyl (C=O) groups is 1. The van der Waals surface area contributed by atoms with E-state index in [0.717, 1.165) is 49.4 Å². The van der Waals surface area contributed by atoms with Crippen LogP contribution in [0.2, 0.25) is 0 Å². The van der Waals surface area contributed by atoms with E-state index in [0.29, 0.717) is 11.8 Å². The molecular formula is C24H36N2O4. The Balaban J connectivity index is 1.51. The molecule has 166 valence electrons. The molecule has 0 aliphatic carbocycles. The standard InChI is InChI=1S/C24H36N2O4/c1-14(2)10-19(25)23(27)26-9-8-20-15(13-26)11-18-22(29-20)17-7-6-16(28-5)12-21(17)30-24(18,3)4/h6-7,12,14-15,18-20,22H,8-11,13,25H2,1-5H3/t15-,18+,19-,20+,22-/m0/s1. The zero-order chi connectivity index (χ0) is 21.6. The molecule has 3 aliphatic heterocycles. The van der Waals surface area contributed by atoms with E-state index >= 15 is 0 Å². The molecule has 3 aliphatic rings. The van der Waals surface area contributed by atoms with Crippen molar-refractivity contribution in [2.24, 2.45) is 23.5 Å². The Morgan fingerprint density at radius 2 is 2.13 bits per heavy atom. The zero-order valence-corrected chi connectivity index (χ0v) is 18.9. The molecule has 0 aromatic heterocycles. The Bertz CT molecular complexity index is 793. The number of methoxy groups -OCH3 is 1. The third-order valence-electron chi connectivity index (χ3n) is 7.06. The number of amides is 1. The summed E-state index contributed by atoms with van der Waals surface area (Å²) in [6.07, 6.45) is 2.76. The second kappa shape index (κ2) is 8.04. The van der Waals surface area contributed by atoms with Crippen LogP contribution < -0.4 is 15.2 Å². The van der Waals surface area contributed by atoms with E-state index in [2.05, 4.69) is 33.8 Å². The monoisotopic (exact) mass is 416 g/mol. The molecule has 2 N–H and O–H groups in total. The molecule has 2 fully saturated rings.